The minimum Gasteiger partial charge on any atom is -0.329 e. The molecule has 0 fully saturated rings. The summed E-state index contributed by atoms with van der Waals surface area (Å²) in [6.45, 7) is 2.71. The maximum absolute atomic E-state index is 11.6. The van der Waals surface area contributed by atoms with Gasteiger partial charge < -0.3 is 10.3 Å². The summed E-state index contributed by atoms with van der Waals surface area (Å²) in [5.74, 6) is 0.656. The molecule has 2 aromatic heterocycles. The Balaban J connectivity index is 2.00. The highest BCUT2D eigenvalue weighted by molar-refractivity contribution is 9.10. The maximum Gasteiger partial charge on any atom is 0.255 e. The molecule has 2 heterocycles. The number of hydrogen-bond acceptors (Lipinski definition) is 4. The van der Waals surface area contributed by atoms with E-state index in [2.05, 4.69) is 36.3 Å². The van der Waals surface area contributed by atoms with E-state index in [-0.39, 0.29) is 5.56 Å². The molecule has 3 aromatic rings. The summed E-state index contributed by atoms with van der Waals surface area (Å²) in [6, 6.07) is 7.41. The first-order valence-corrected chi connectivity index (χ1v) is 6.95. The molecule has 0 saturated carbocycles. The SMILES string of the molecule is CCn1nc(Br)nc1Nc1ccc2c(=O)[nH]ccc2c1. The van der Waals surface area contributed by atoms with Crippen molar-refractivity contribution >= 4 is 38.3 Å². The van der Waals surface area contributed by atoms with Crippen LogP contribution in [0.5, 0.6) is 0 Å². The fourth-order valence-corrected chi connectivity index (χ4v) is 2.39. The number of pyridine rings is 1. The molecule has 0 aliphatic rings. The van der Waals surface area contributed by atoms with Gasteiger partial charge in [-0.05, 0) is 52.5 Å². The average Bonchev–Trinajstić information content (AvgIpc) is 2.79. The van der Waals surface area contributed by atoms with E-state index in [1.54, 1.807) is 16.9 Å². The van der Waals surface area contributed by atoms with Gasteiger partial charge in [0.1, 0.15) is 0 Å². The molecule has 0 amide bonds. The second-order valence-electron chi connectivity index (χ2n) is 4.25. The van der Waals surface area contributed by atoms with E-state index in [9.17, 15) is 4.79 Å². The van der Waals surface area contributed by atoms with Gasteiger partial charge in [-0.15, -0.1) is 5.10 Å². The number of halogens is 1. The van der Waals surface area contributed by atoms with Crippen LogP contribution >= 0.6 is 15.9 Å². The molecule has 0 unspecified atom stereocenters. The molecule has 7 heteroatoms. The van der Waals surface area contributed by atoms with E-state index in [0.29, 0.717) is 22.6 Å². The van der Waals surface area contributed by atoms with Gasteiger partial charge in [-0.25, -0.2) is 4.68 Å². The number of aryl methyl sites for hydroxylation is 1. The molecule has 0 aliphatic carbocycles. The molecule has 0 aliphatic heterocycles. The molecule has 3 rings (SSSR count). The molecule has 1 aromatic carbocycles. The fourth-order valence-electron chi connectivity index (χ4n) is 2.03. The van der Waals surface area contributed by atoms with Crippen molar-refractivity contribution < 1.29 is 0 Å². The number of aromatic amines is 1. The molecule has 0 bridgehead atoms. The molecule has 102 valence electrons. The van der Waals surface area contributed by atoms with Crippen LogP contribution in [-0.2, 0) is 6.54 Å². The minimum atomic E-state index is -0.0893. The third kappa shape index (κ3) is 2.32. The van der Waals surface area contributed by atoms with E-state index < -0.39 is 0 Å². The van der Waals surface area contributed by atoms with Crippen molar-refractivity contribution in [1.82, 2.24) is 19.7 Å². The van der Waals surface area contributed by atoms with Crippen molar-refractivity contribution in [3.05, 3.63) is 45.5 Å². The zero-order chi connectivity index (χ0) is 14.1. The number of H-pyrrole nitrogens is 1. The third-order valence-electron chi connectivity index (χ3n) is 2.98. The Hall–Kier alpha value is -2.15. The monoisotopic (exact) mass is 333 g/mol. The van der Waals surface area contributed by atoms with Gasteiger partial charge in [0.15, 0.2) is 0 Å². The Morgan fingerprint density at radius 1 is 1.40 bits per heavy atom. The van der Waals surface area contributed by atoms with Crippen molar-refractivity contribution in [1.29, 1.82) is 0 Å². The number of anilines is 2. The van der Waals surface area contributed by atoms with E-state index in [1.807, 2.05) is 25.1 Å². The Morgan fingerprint density at radius 2 is 2.25 bits per heavy atom. The van der Waals surface area contributed by atoms with Crippen molar-refractivity contribution in [2.24, 2.45) is 0 Å². The molecular weight excluding hydrogens is 322 g/mol. The summed E-state index contributed by atoms with van der Waals surface area (Å²) >= 11 is 3.26. The summed E-state index contributed by atoms with van der Waals surface area (Å²) in [5, 5.41) is 8.95. The van der Waals surface area contributed by atoms with E-state index >= 15 is 0 Å². The first kappa shape index (κ1) is 12.9. The molecule has 0 spiro atoms. The van der Waals surface area contributed by atoms with Crippen molar-refractivity contribution in [3.8, 4) is 0 Å². The summed E-state index contributed by atoms with van der Waals surface area (Å²) < 4.78 is 2.30. The highest BCUT2D eigenvalue weighted by atomic mass is 79.9. The lowest BCUT2D eigenvalue weighted by Gasteiger charge is -2.07. The second kappa shape index (κ2) is 5.09. The summed E-state index contributed by atoms with van der Waals surface area (Å²) in [7, 11) is 0. The van der Waals surface area contributed by atoms with E-state index in [4.69, 9.17) is 0 Å². The van der Waals surface area contributed by atoms with Gasteiger partial charge in [0.2, 0.25) is 10.7 Å². The van der Waals surface area contributed by atoms with Gasteiger partial charge in [0.25, 0.3) is 5.56 Å². The van der Waals surface area contributed by atoms with Crippen LogP contribution < -0.4 is 10.9 Å². The van der Waals surface area contributed by atoms with Crippen LogP contribution in [0.1, 0.15) is 6.92 Å². The predicted octanol–water partition coefficient (Wildman–Crippen LogP) is 2.65. The van der Waals surface area contributed by atoms with Crippen LogP contribution in [0.25, 0.3) is 10.8 Å². The summed E-state index contributed by atoms with van der Waals surface area (Å²) in [4.78, 5) is 18.6. The number of benzene rings is 1. The predicted molar refractivity (Wildman–Crippen MR) is 81.2 cm³/mol. The van der Waals surface area contributed by atoms with E-state index in [1.165, 1.54) is 0 Å². The molecule has 2 N–H and O–H groups in total. The van der Waals surface area contributed by atoms with Crippen molar-refractivity contribution in [2.45, 2.75) is 13.5 Å². The van der Waals surface area contributed by atoms with Gasteiger partial charge in [-0.2, -0.15) is 4.98 Å². The molecular formula is C13H12BrN5O. The quantitative estimate of drug-likeness (QED) is 0.772. The highest BCUT2D eigenvalue weighted by Gasteiger charge is 2.07. The van der Waals surface area contributed by atoms with Crippen LogP contribution in [0.2, 0.25) is 0 Å². The van der Waals surface area contributed by atoms with Crippen LogP contribution in [0.4, 0.5) is 11.6 Å². The number of hydrogen-bond donors (Lipinski definition) is 2. The highest BCUT2D eigenvalue weighted by Crippen LogP contribution is 2.20. The zero-order valence-electron chi connectivity index (χ0n) is 10.7. The maximum atomic E-state index is 11.6. The van der Waals surface area contributed by atoms with Crippen LogP contribution in [0.15, 0.2) is 40.0 Å². The number of nitrogens with one attached hydrogen (secondary N) is 2. The van der Waals surface area contributed by atoms with Gasteiger partial charge in [-0.1, -0.05) is 0 Å². The first-order chi connectivity index (χ1) is 9.67. The zero-order valence-corrected chi connectivity index (χ0v) is 12.3. The van der Waals surface area contributed by atoms with Gasteiger partial charge >= 0.3 is 0 Å². The fraction of sp³-hybridized carbons (Fsp3) is 0.154. The van der Waals surface area contributed by atoms with Crippen LogP contribution in [0.3, 0.4) is 0 Å². The van der Waals surface area contributed by atoms with Crippen LogP contribution in [-0.4, -0.2) is 19.7 Å². The first-order valence-electron chi connectivity index (χ1n) is 6.16. The number of fused-ring (bicyclic) bond motifs is 1. The van der Waals surface area contributed by atoms with Gasteiger partial charge in [0, 0.05) is 23.8 Å². The second-order valence-corrected chi connectivity index (χ2v) is 4.96. The molecule has 6 nitrogen and oxygen atoms in total. The van der Waals surface area contributed by atoms with Crippen molar-refractivity contribution in [3.63, 3.8) is 0 Å². The Kier molecular flexibility index (Phi) is 3.27. The lowest BCUT2D eigenvalue weighted by Crippen LogP contribution is -2.06. The molecule has 0 atom stereocenters. The molecule has 0 saturated heterocycles. The lowest BCUT2D eigenvalue weighted by molar-refractivity contribution is 0.663. The van der Waals surface area contributed by atoms with Crippen molar-refractivity contribution in [2.75, 3.05) is 5.32 Å². The Labute approximate surface area is 123 Å². The third-order valence-corrected chi connectivity index (χ3v) is 3.31. The summed E-state index contributed by atoms with van der Waals surface area (Å²) in [5.41, 5.74) is 0.770. The smallest absolute Gasteiger partial charge is 0.255 e. The topological polar surface area (TPSA) is 75.6 Å². The number of rotatable bonds is 3. The largest absolute Gasteiger partial charge is 0.329 e. The molecule has 20 heavy (non-hydrogen) atoms. The van der Waals surface area contributed by atoms with Gasteiger partial charge in [0.05, 0.1) is 0 Å². The average molecular weight is 334 g/mol. The Bertz CT molecular complexity index is 823. The number of aromatic nitrogens is 4. The van der Waals surface area contributed by atoms with Crippen LogP contribution in [0, 0.1) is 0 Å². The number of nitrogens with zero attached hydrogens (tertiary/aromatic N) is 3. The minimum absolute atomic E-state index is 0.0893. The van der Waals surface area contributed by atoms with E-state index in [0.717, 1.165) is 11.1 Å². The molecule has 0 radical (unpaired) electrons. The normalized spacial score (nSPS) is 10.9. The van der Waals surface area contributed by atoms with Gasteiger partial charge in [-0.3, -0.25) is 4.79 Å². The summed E-state index contributed by atoms with van der Waals surface area (Å²) in [6.07, 6.45) is 1.64. The standard InChI is InChI=1S/C13H12BrN5O/c1-2-19-13(17-12(14)18-19)16-9-3-4-10-8(7-9)5-6-15-11(10)20/h3-7H,2H2,1H3,(H,15,20)(H,16,17,18). The Morgan fingerprint density at radius 3 is 3.05 bits per heavy atom. The lowest BCUT2D eigenvalue weighted by atomic mass is 10.1.